The first-order valence-electron chi connectivity index (χ1n) is 9.31. The van der Waals surface area contributed by atoms with Crippen LogP contribution >= 0.6 is 0 Å². The molecule has 0 aliphatic carbocycles. The summed E-state index contributed by atoms with van der Waals surface area (Å²) in [7, 11) is 0. The second-order valence-electron chi connectivity index (χ2n) is 8.46. The maximum atomic E-state index is 14.7. The molecule has 1 atom stereocenters. The molecular formula is C22H23F3N2O2. The van der Waals surface area contributed by atoms with Gasteiger partial charge < -0.3 is 10.1 Å². The van der Waals surface area contributed by atoms with Gasteiger partial charge in [-0.05, 0) is 42.4 Å². The zero-order valence-corrected chi connectivity index (χ0v) is 16.7. The van der Waals surface area contributed by atoms with Crippen molar-refractivity contribution < 1.29 is 23.1 Å². The van der Waals surface area contributed by atoms with Crippen LogP contribution in [0.2, 0.25) is 0 Å². The first kappa shape index (κ1) is 20.9. The van der Waals surface area contributed by atoms with Gasteiger partial charge in [-0.15, -0.1) is 0 Å². The van der Waals surface area contributed by atoms with E-state index in [0.29, 0.717) is 22.2 Å². The van der Waals surface area contributed by atoms with E-state index in [4.69, 9.17) is 0 Å². The number of nitrogens with one attached hydrogen (secondary N) is 1. The first-order valence-corrected chi connectivity index (χ1v) is 9.31. The fraction of sp³-hybridized carbons (Fsp3) is 0.364. The van der Waals surface area contributed by atoms with Crippen LogP contribution in [0.4, 0.5) is 13.2 Å². The standard InChI is InChI=1S/C22H23F3N2O2/c1-11-5-16(24)18(6-12(7-19(28)29)22(2,3)4)27-20(11)15-10-26-21-14(15)8-13(23)9-17(21)25/h5,8-10,12,26H,6-7H2,1-4H3,(H,28,29). The van der Waals surface area contributed by atoms with Crippen LogP contribution in [0.25, 0.3) is 22.2 Å². The Hall–Kier alpha value is -2.83. The number of rotatable bonds is 5. The maximum Gasteiger partial charge on any atom is 0.303 e. The van der Waals surface area contributed by atoms with Gasteiger partial charge in [0, 0.05) is 29.6 Å². The number of carbonyl (C=O) groups is 1. The molecule has 0 aliphatic heterocycles. The fourth-order valence-electron chi connectivity index (χ4n) is 3.51. The number of pyridine rings is 1. The molecule has 3 aromatic rings. The van der Waals surface area contributed by atoms with Crippen LogP contribution in [0.1, 0.15) is 38.4 Å². The molecule has 2 N–H and O–H groups in total. The molecule has 0 amide bonds. The Morgan fingerprint density at radius 3 is 2.48 bits per heavy atom. The fourth-order valence-corrected chi connectivity index (χ4v) is 3.51. The van der Waals surface area contributed by atoms with E-state index in [2.05, 4.69) is 9.97 Å². The second-order valence-corrected chi connectivity index (χ2v) is 8.46. The van der Waals surface area contributed by atoms with E-state index < -0.39 is 23.4 Å². The van der Waals surface area contributed by atoms with Crippen LogP contribution in [-0.4, -0.2) is 21.0 Å². The van der Waals surface area contributed by atoms with Gasteiger partial charge >= 0.3 is 5.97 Å². The monoisotopic (exact) mass is 404 g/mol. The molecule has 7 heteroatoms. The van der Waals surface area contributed by atoms with Crippen LogP contribution in [0.3, 0.4) is 0 Å². The number of benzene rings is 1. The van der Waals surface area contributed by atoms with Gasteiger partial charge in [-0.1, -0.05) is 20.8 Å². The van der Waals surface area contributed by atoms with Gasteiger partial charge in [-0.2, -0.15) is 0 Å². The number of H-pyrrole nitrogens is 1. The van der Waals surface area contributed by atoms with Gasteiger partial charge in [0.15, 0.2) is 0 Å². The summed E-state index contributed by atoms with van der Waals surface area (Å²) < 4.78 is 42.4. The lowest BCUT2D eigenvalue weighted by molar-refractivity contribution is -0.139. The van der Waals surface area contributed by atoms with Gasteiger partial charge in [0.1, 0.15) is 17.5 Å². The first-order chi connectivity index (χ1) is 13.5. The Labute approximate surface area is 166 Å². The van der Waals surface area contributed by atoms with E-state index in [1.54, 1.807) is 6.92 Å². The quantitative estimate of drug-likeness (QED) is 0.579. The van der Waals surface area contributed by atoms with Crippen molar-refractivity contribution in [2.24, 2.45) is 11.3 Å². The number of nitrogens with zero attached hydrogens (tertiary/aromatic N) is 1. The molecular weight excluding hydrogens is 381 g/mol. The minimum atomic E-state index is -0.958. The van der Waals surface area contributed by atoms with Crippen LogP contribution in [0, 0.1) is 35.7 Å². The van der Waals surface area contributed by atoms with Gasteiger partial charge in [0.2, 0.25) is 0 Å². The molecule has 3 rings (SSSR count). The van der Waals surface area contributed by atoms with Crippen molar-refractivity contribution in [1.82, 2.24) is 9.97 Å². The number of aryl methyl sites for hydroxylation is 1. The molecule has 4 nitrogen and oxygen atoms in total. The van der Waals surface area contributed by atoms with Crippen molar-refractivity contribution in [1.29, 1.82) is 0 Å². The van der Waals surface area contributed by atoms with Gasteiger partial charge in [0.25, 0.3) is 0 Å². The molecule has 0 saturated carbocycles. The third-order valence-electron chi connectivity index (χ3n) is 5.29. The van der Waals surface area contributed by atoms with E-state index in [9.17, 15) is 23.1 Å². The summed E-state index contributed by atoms with van der Waals surface area (Å²) in [4.78, 5) is 18.5. The Balaban J connectivity index is 2.10. The summed E-state index contributed by atoms with van der Waals surface area (Å²) in [5.74, 6) is -3.26. The number of carboxylic acids is 1. The maximum absolute atomic E-state index is 14.7. The highest BCUT2D eigenvalue weighted by molar-refractivity contribution is 5.95. The summed E-state index contributed by atoms with van der Waals surface area (Å²) in [5.41, 5.74) is 1.29. The summed E-state index contributed by atoms with van der Waals surface area (Å²) in [5, 5.41) is 9.54. The Kier molecular flexibility index (Phi) is 5.43. The number of carboxylic acid groups (broad SMARTS) is 1. The number of hydrogen-bond donors (Lipinski definition) is 2. The van der Waals surface area contributed by atoms with E-state index >= 15 is 0 Å². The minimum absolute atomic E-state index is 0.114. The van der Waals surface area contributed by atoms with Crippen molar-refractivity contribution in [2.45, 2.75) is 40.5 Å². The number of aromatic nitrogens is 2. The number of fused-ring (bicyclic) bond motifs is 1. The summed E-state index contributed by atoms with van der Waals surface area (Å²) in [6.45, 7) is 7.37. The van der Waals surface area contributed by atoms with Crippen LogP contribution < -0.4 is 0 Å². The molecule has 1 aromatic carbocycles. The van der Waals surface area contributed by atoms with Gasteiger partial charge in [-0.3, -0.25) is 4.79 Å². The van der Waals surface area contributed by atoms with E-state index in [1.807, 2.05) is 20.8 Å². The van der Waals surface area contributed by atoms with Crippen LogP contribution in [0.5, 0.6) is 0 Å². The molecule has 0 bridgehead atoms. The Morgan fingerprint density at radius 1 is 1.17 bits per heavy atom. The lowest BCUT2D eigenvalue weighted by Gasteiger charge is -2.29. The highest BCUT2D eigenvalue weighted by Gasteiger charge is 2.29. The van der Waals surface area contributed by atoms with E-state index in [0.717, 1.165) is 6.07 Å². The molecule has 2 aromatic heterocycles. The molecule has 1 unspecified atom stereocenters. The lowest BCUT2D eigenvalue weighted by atomic mass is 9.76. The van der Waals surface area contributed by atoms with E-state index in [1.165, 1.54) is 18.3 Å². The third kappa shape index (κ3) is 4.28. The number of aromatic amines is 1. The largest absolute Gasteiger partial charge is 0.481 e. The van der Waals surface area contributed by atoms with Crippen LogP contribution in [0.15, 0.2) is 24.4 Å². The summed E-state index contributed by atoms with van der Waals surface area (Å²) in [6, 6.07) is 3.32. The van der Waals surface area contributed by atoms with E-state index in [-0.39, 0.29) is 35.4 Å². The highest BCUT2D eigenvalue weighted by atomic mass is 19.1. The number of halogens is 3. The zero-order chi connectivity index (χ0) is 21.5. The SMILES string of the molecule is Cc1cc(F)c(CC(CC(=O)O)C(C)(C)C)nc1-c1c[nH]c2c(F)cc(F)cc12. The van der Waals surface area contributed by atoms with Crippen molar-refractivity contribution in [3.63, 3.8) is 0 Å². The van der Waals surface area contributed by atoms with Crippen molar-refractivity contribution in [2.75, 3.05) is 0 Å². The highest BCUT2D eigenvalue weighted by Crippen LogP contribution is 2.35. The average molecular weight is 404 g/mol. The zero-order valence-electron chi connectivity index (χ0n) is 16.7. The second kappa shape index (κ2) is 7.54. The smallest absolute Gasteiger partial charge is 0.303 e. The Morgan fingerprint density at radius 2 is 1.86 bits per heavy atom. The van der Waals surface area contributed by atoms with Crippen molar-refractivity contribution >= 4 is 16.9 Å². The van der Waals surface area contributed by atoms with Crippen molar-refractivity contribution in [3.8, 4) is 11.3 Å². The molecule has 2 heterocycles. The van der Waals surface area contributed by atoms with Crippen LogP contribution in [-0.2, 0) is 11.2 Å². The predicted molar refractivity (Wildman–Crippen MR) is 105 cm³/mol. The average Bonchev–Trinajstić information content (AvgIpc) is 2.99. The molecule has 0 saturated heterocycles. The number of aliphatic carboxylic acids is 1. The molecule has 0 spiro atoms. The normalized spacial score (nSPS) is 13.1. The summed E-state index contributed by atoms with van der Waals surface area (Å²) >= 11 is 0. The molecule has 0 fully saturated rings. The molecule has 154 valence electrons. The topological polar surface area (TPSA) is 66.0 Å². The summed E-state index contributed by atoms with van der Waals surface area (Å²) in [6.07, 6.45) is 1.54. The predicted octanol–water partition coefficient (Wildman–Crippen LogP) is 5.64. The van der Waals surface area contributed by atoms with Gasteiger partial charge in [-0.25, -0.2) is 18.2 Å². The number of hydrogen-bond acceptors (Lipinski definition) is 2. The Bertz CT molecular complexity index is 1080. The van der Waals surface area contributed by atoms with Crippen molar-refractivity contribution in [3.05, 3.63) is 53.1 Å². The third-order valence-corrected chi connectivity index (χ3v) is 5.29. The minimum Gasteiger partial charge on any atom is -0.481 e. The molecule has 29 heavy (non-hydrogen) atoms. The molecule has 0 radical (unpaired) electrons. The van der Waals surface area contributed by atoms with Gasteiger partial charge in [0.05, 0.1) is 16.9 Å². The lowest BCUT2D eigenvalue weighted by Crippen LogP contribution is -2.26. The molecule has 0 aliphatic rings.